The van der Waals surface area contributed by atoms with Gasteiger partial charge in [0.1, 0.15) is 11.9 Å². The predicted molar refractivity (Wildman–Crippen MR) is 91.2 cm³/mol. The highest BCUT2D eigenvalue weighted by Crippen LogP contribution is 2.42. The van der Waals surface area contributed by atoms with E-state index in [1.807, 2.05) is 12.1 Å². The summed E-state index contributed by atoms with van der Waals surface area (Å²) in [6.07, 6.45) is 1.53. The number of hydrogen-bond donors (Lipinski definition) is 1. The van der Waals surface area contributed by atoms with Crippen molar-refractivity contribution in [1.82, 2.24) is 4.90 Å². The second-order valence-corrected chi connectivity index (χ2v) is 6.34. The number of non-ortho nitro benzene ring substituents is 1. The number of amides is 1. The molecule has 2 heterocycles. The first-order valence-corrected chi connectivity index (χ1v) is 8.18. The van der Waals surface area contributed by atoms with Crippen LogP contribution in [-0.4, -0.2) is 33.4 Å². The van der Waals surface area contributed by atoms with Gasteiger partial charge in [0.2, 0.25) is 5.91 Å². The fraction of sp³-hybridized carbons (Fsp3) is 0.278. The maximum atomic E-state index is 13.0. The van der Waals surface area contributed by atoms with Crippen LogP contribution >= 0.6 is 0 Å². The zero-order valence-corrected chi connectivity index (χ0v) is 13.4. The lowest BCUT2D eigenvalue weighted by Crippen LogP contribution is -2.32. The fourth-order valence-corrected chi connectivity index (χ4v) is 3.77. The number of nitrogens with zero attached hydrogens (tertiary/aromatic N) is 3. The van der Waals surface area contributed by atoms with Gasteiger partial charge in [-0.3, -0.25) is 24.7 Å². The Morgan fingerprint density at radius 2 is 1.76 bits per heavy atom. The summed E-state index contributed by atoms with van der Waals surface area (Å²) in [4.78, 5) is 27.2. The largest absolute Gasteiger partial charge is 0.508 e. The summed E-state index contributed by atoms with van der Waals surface area (Å²) in [7, 11) is 0. The molecule has 0 aliphatic carbocycles. The number of aromatic hydroxyl groups is 1. The SMILES string of the molecule is O=C1[C@@H]2CCCN2[C@@H](c2ccc(O)cc2)N1c1ccc([N+](=O)[O-])cc1. The molecule has 2 fully saturated rings. The van der Waals surface area contributed by atoms with Crippen LogP contribution in [0.5, 0.6) is 5.75 Å². The van der Waals surface area contributed by atoms with Crippen molar-refractivity contribution in [2.75, 3.05) is 11.4 Å². The van der Waals surface area contributed by atoms with E-state index in [1.165, 1.54) is 12.1 Å². The Hall–Kier alpha value is -2.93. The number of anilines is 1. The molecule has 1 N–H and O–H groups in total. The van der Waals surface area contributed by atoms with Gasteiger partial charge in [0.15, 0.2) is 0 Å². The molecule has 25 heavy (non-hydrogen) atoms. The van der Waals surface area contributed by atoms with Crippen molar-refractivity contribution >= 4 is 17.3 Å². The van der Waals surface area contributed by atoms with Gasteiger partial charge in [0, 0.05) is 24.4 Å². The maximum Gasteiger partial charge on any atom is 0.269 e. The van der Waals surface area contributed by atoms with Gasteiger partial charge < -0.3 is 5.11 Å². The van der Waals surface area contributed by atoms with Crippen molar-refractivity contribution in [3.05, 3.63) is 64.2 Å². The molecule has 0 aromatic heterocycles. The van der Waals surface area contributed by atoms with Crippen LogP contribution in [-0.2, 0) is 4.79 Å². The van der Waals surface area contributed by atoms with Gasteiger partial charge in [-0.05, 0) is 42.7 Å². The van der Waals surface area contributed by atoms with Crippen LogP contribution in [0.15, 0.2) is 48.5 Å². The van der Waals surface area contributed by atoms with Gasteiger partial charge in [-0.25, -0.2) is 0 Å². The molecule has 2 atom stereocenters. The highest BCUT2D eigenvalue weighted by atomic mass is 16.6. The van der Waals surface area contributed by atoms with Gasteiger partial charge in [-0.15, -0.1) is 0 Å². The van der Waals surface area contributed by atoms with Crippen LogP contribution in [0, 0.1) is 10.1 Å². The number of carbonyl (C=O) groups excluding carboxylic acids is 1. The summed E-state index contributed by atoms with van der Waals surface area (Å²) < 4.78 is 0. The zero-order chi connectivity index (χ0) is 17.6. The number of rotatable bonds is 3. The Balaban J connectivity index is 1.76. The fourth-order valence-electron chi connectivity index (χ4n) is 3.77. The van der Waals surface area contributed by atoms with Crippen LogP contribution in [0.2, 0.25) is 0 Å². The molecule has 2 saturated heterocycles. The Morgan fingerprint density at radius 3 is 2.40 bits per heavy atom. The van der Waals surface area contributed by atoms with Crippen molar-refractivity contribution < 1.29 is 14.8 Å². The smallest absolute Gasteiger partial charge is 0.269 e. The van der Waals surface area contributed by atoms with E-state index in [1.54, 1.807) is 29.2 Å². The monoisotopic (exact) mass is 339 g/mol. The highest BCUT2D eigenvalue weighted by Gasteiger charge is 2.49. The summed E-state index contributed by atoms with van der Waals surface area (Å²) in [5, 5.41) is 20.4. The van der Waals surface area contributed by atoms with Gasteiger partial charge in [-0.1, -0.05) is 12.1 Å². The molecule has 128 valence electrons. The number of hydrogen-bond acceptors (Lipinski definition) is 5. The maximum absolute atomic E-state index is 13.0. The summed E-state index contributed by atoms with van der Waals surface area (Å²) in [5.74, 6) is 0.192. The Kier molecular flexibility index (Phi) is 3.65. The minimum Gasteiger partial charge on any atom is -0.508 e. The van der Waals surface area contributed by atoms with E-state index in [2.05, 4.69) is 4.90 Å². The molecular formula is C18H17N3O4. The molecule has 2 aliphatic heterocycles. The minimum atomic E-state index is -0.453. The van der Waals surface area contributed by atoms with Crippen molar-refractivity contribution in [2.24, 2.45) is 0 Å². The van der Waals surface area contributed by atoms with Crippen molar-refractivity contribution in [3.8, 4) is 5.75 Å². The summed E-state index contributed by atoms with van der Waals surface area (Å²) >= 11 is 0. The van der Waals surface area contributed by atoms with Crippen molar-refractivity contribution in [2.45, 2.75) is 25.0 Å². The molecule has 0 unspecified atom stereocenters. The first-order valence-electron chi connectivity index (χ1n) is 8.18. The average molecular weight is 339 g/mol. The minimum absolute atomic E-state index is 0.00270. The topological polar surface area (TPSA) is 86.9 Å². The van der Waals surface area contributed by atoms with Gasteiger partial charge in [0.05, 0.1) is 11.0 Å². The third-order valence-electron chi connectivity index (χ3n) is 4.91. The molecule has 0 radical (unpaired) electrons. The molecule has 0 bridgehead atoms. The molecule has 0 spiro atoms. The van der Waals surface area contributed by atoms with Gasteiger partial charge in [-0.2, -0.15) is 0 Å². The number of nitro groups is 1. The summed E-state index contributed by atoms with van der Waals surface area (Å²) in [5.41, 5.74) is 1.55. The lowest BCUT2D eigenvalue weighted by Gasteiger charge is -2.29. The van der Waals surface area contributed by atoms with Crippen LogP contribution < -0.4 is 4.90 Å². The molecule has 4 rings (SSSR count). The second-order valence-electron chi connectivity index (χ2n) is 6.34. The van der Waals surface area contributed by atoms with E-state index < -0.39 is 4.92 Å². The molecule has 1 amide bonds. The zero-order valence-electron chi connectivity index (χ0n) is 13.4. The second kappa shape index (κ2) is 5.86. The van der Waals surface area contributed by atoms with Gasteiger partial charge >= 0.3 is 0 Å². The molecule has 2 aromatic carbocycles. The quantitative estimate of drug-likeness (QED) is 0.686. The lowest BCUT2D eigenvalue weighted by molar-refractivity contribution is -0.384. The lowest BCUT2D eigenvalue weighted by atomic mass is 10.1. The number of carbonyl (C=O) groups is 1. The molecule has 0 saturated carbocycles. The van der Waals surface area contributed by atoms with E-state index in [0.717, 1.165) is 24.9 Å². The normalized spacial score (nSPS) is 23.0. The number of nitro benzene ring substituents is 1. The van der Waals surface area contributed by atoms with E-state index in [-0.39, 0.29) is 29.6 Å². The predicted octanol–water partition coefficient (Wildman–Crippen LogP) is 2.81. The van der Waals surface area contributed by atoms with E-state index in [4.69, 9.17) is 0 Å². The third-order valence-corrected chi connectivity index (χ3v) is 4.91. The molecule has 2 aliphatic rings. The standard InChI is InChI=1S/C18H17N3O4/c22-15-9-3-12(4-10-15)17-19-11-1-2-16(19)18(23)20(17)13-5-7-14(8-6-13)21(24)25/h3-10,16-17,22H,1-2,11H2/t16-,17+/m0/s1. The van der Waals surface area contributed by atoms with Crippen molar-refractivity contribution in [1.29, 1.82) is 0 Å². The number of phenolic OH excluding ortho intramolecular Hbond substituents is 1. The first kappa shape index (κ1) is 15.6. The van der Waals surface area contributed by atoms with Gasteiger partial charge in [0.25, 0.3) is 5.69 Å². The number of benzene rings is 2. The first-order chi connectivity index (χ1) is 12.1. The molecule has 2 aromatic rings. The highest BCUT2D eigenvalue weighted by molar-refractivity contribution is 6.00. The third kappa shape index (κ3) is 2.53. The van der Waals surface area contributed by atoms with E-state index >= 15 is 0 Å². The Bertz CT molecular complexity index is 819. The van der Waals surface area contributed by atoms with Crippen LogP contribution in [0.1, 0.15) is 24.6 Å². The van der Waals surface area contributed by atoms with E-state index in [9.17, 15) is 20.0 Å². The number of phenols is 1. The van der Waals surface area contributed by atoms with Crippen LogP contribution in [0.4, 0.5) is 11.4 Å². The average Bonchev–Trinajstić information content (AvgIpc) is 3.18. The Labute approximate surface area is 144 Å². The summed E-state index contributed by atoms with van der Waals surface area (Å²) in [6, 6.07) is 12.7. The number of fused-ring (bicyclic) bond motifs is 1. The van der Waals surface area contributed by atoms with Crippen LogP contribution in [0.25, 0.3) is 0 Å². The molecule has 7 heteroatoms. The summed E-state index contributed by atoms with van der Waals surface area (Å²) in [6.45, 7) is 0.825. The van der Waals surface area contributed by atoms with E-state index in [0.29, 0.717) is 5.69 Å². The van der Waals surface area contributed by atoms with Crippen LogP contribution in [0.3, 0.4) is 0 Å². The molecular weight excluding hydrogens is 322 g/mol. The van der Waals surface area contributed by atoms with Crippen molar-refractivity contribution in [3.63, 3.8) is 0 Å². The Morgan fingerprint density at radius 1 is 1.08 bits per heavy atom. The molecule has 7 nitrogen and oxygen atoms in total.